The van der Waals surface area contributed by atoms with Crippen LogP contribution in [-0.2, 0) is 16.0 Å². The van der Waals surface area contributed by atoms with Gasteiger partial charge in [0.2, 0.25) is 5.91 Å². The van der Waals surface area contributed by atoms with Crippen molar-refractivity contribution in [2.45, 2.75) is 32.3 Å². The third-order valence-corrected chi connectivity index (χ3v) is 5.68. The van der Waals surface area contributed by atoms with Crippen molar-refractivity contribution in [1.82, 2.24) is 14.9 Å². The number of anilines is 1. The molecule has 3 aromatic rings. The van der Waals surface area contributed by atoms with E-state index in [1.54, 1.807) is 25.3 Å². The Bertz CT molecular complexity index is 1090. The molecule has 1 atom stereocenters. The van der Waals surface area contributed by atoms with E-state index in [1.165, 1.54) is 6.07 Å². The standard InChI is InChI=1S/C25H27FN4O2/c1-17-14-18(8-10-20(17)26)4-2-7-25(31)30-12-13-32-23(16-30)22-6-3-5-21(29-22)19-9-11-24(27)28-15-19/h3,5-6,8-11,14-15,23H,2,4,7,12-13,16H2,1H3,(H2,27,28)/t23-/m1/s1. The molecule has 0 bridgehead atoms. The molecule has 0 saturated carbocycles. The lowest BCUT2D eigenvalue weighted by molar-refractivity contribution is -0.139. The van der Waals surface area contributed by atoms with Gasteiger partial charge in [-0.2, -0.15) is 0 Å². The summed E-state index contributed by atoms with van der Waals surface area (Å²) in [6.07, 6.45) is 3.35. The SMILES string of the molecule is Cc1cc(CCCC(=O)N2CCO[C@@H](c3cccc(-c4ccc(N)nc4)n3)C2)ccc1F. The number of benzene rings is 1. The highest BCUT2D eigenvalue weighted by Gasteiger charge is 2.26. The van der Waals surface area contributed by atoms with E-state index in [-0.39, 0.29) is 17.8 Å². The minimum atomic E-state index is -0.269. The number of nitrogens with two attached hydrogens (primary N) is 1. The molecule has 1 saturated heterocycles. The summed E-state index contributed by atoms with van der Waals surface area (Å²) in [5.74, 6) is 0.370. The van der Waals surface area contributed by atoms with Crippen molar-refractivity contribution < 1.29 is 13.9 Å². The number of rotatable bonds is 6. The molecular weight excluding hydrogens is 407 g/mol. The molecule has 0 aliphatic carbocycles. The fourth-order valence-electron chi connectivity index (χ4n) is 3.87. The molecule has 1 aromatic carbocycles. The first-order valence-electron chi connectivity index (χ1n) is 10.8. The highest BCUT2D eigenvalue weighted by Crippen LogP contribution is 2.25. The van der Waals surface area contributed by atoms with Gasteiger partial charge in [-0.25, -0.2) is 14.4 Å². The number of morpholine rings is 1. The maximum Gasteiger partial charge on any atom is 0.222 e. The molecule has 1 amide bonds. The van der Waals surface area contributed by atoms with Crippen LogP contribution in [0.15, 0.2) is 54.7 Å². The Balaban J connectivity index is 1.35. The first-order chi connectivity index (χ1) is 15.5. The number of hydrogen-bond donors (Lipinski definition) is 1. The van der Waals surface area contributed by atoms with E-state index in [0.717, 1.165) is 35.4 Å². The van der Waals surface area contributed by atoms with Gasteiger partial charge in [-0.15, -0.1) is 0 Å². The fraction of sp³-hybridized carbons (Fsp3) is 0.320. The van der Waals surface area contributed by atoms with Crippen LogP contribution in [-0.4, -0.2) is 40.5 Å². The van der Waals surface area contributed by atoms with Crippen molar-refractivity contribution >= 4 is 11.7 Å². The molecule has 0 spiro atoms. The monoisotopic (exact) mass is 434 g/mol. The zero-order valence-electron chi connectivity index (χ0n) is 18.1. The van der Waals surface area contributed by atoms with Crippen LogP contribution >= 0.6 is 0 Å². The number of ether oxygens (including phenoxy) is 1. The van der Waals surface area contributed by atoms with E-state index in [9.17, 15) is 9.18 Å². The van der Waals surface area contributed by atoms with Crippen LogP contribution < -0.4 is 5.73 Å². The Labute approximate surface area is 187 Å². The summed E-state index contributed by atoms with van der Waals surface area (Å²) >= 11 is 0. The summed E-state index contributed by atoms with van der Waals surface area (Å²) in [6, 6.07) is 14.5. The van der Waals surface area contributed by atoms with Crippen molar-refractivity contribution in [2.75, 3.05) is 25.4 Å². The minimum absolute atomic E-state index is 0.107. The smallest absolute Gasteiger partial charge is 0.222 e. The van der Waals surface area contributed by atoms with Gasteiger partial charge in [0.15, 0.2) is 0 Å². The Kier molecular flexibility index (Phi) is 6.75. The van der Waals surface area contributed by atoms with E-state index < -0.39 is 0 Å². The van der Waals surface area contributed by atoms with Gasteiger partial charge in [0.05, 0.1) is 24.5 Å². The first kappa shape index (κ1) is 21.9. The van der Waals surface area contributed by atoms with E-state index in [4.69, 9.17) is 15.5 Å². The highest BCUT2D eigenvalue weighted by molar-refractivity contribution is 5.76. The second-order valence-electron chi connectivity index (χ2n) is 8.06. The number of nitrogen functional groups attached to an aromatic ring is 1. The van der Waals surface area contributed by atoms with Crippen molar-refractivity contribution in [3.63, 3.8) is 0 Å². The summed E-state index contributed by atoms with van der Waals surface area (Å²) in [5, 5.41) is 0. The Hall–Kier alpha value is -3.32. The lowest BCUT2D eigenvalue weighted by Gasteiger charge is -2.33. The number of amides is 1. The molecule has 7 heteroatoms. The average Bonchev–Trinajstić information content (AvgIpc) is 2.82. The Morgan fingerprint density at radius 2 is 2.12 bits per heavy atom. The van der Waals surface area contributed by atoms with Crippen LogP contribution in [0.5, 0.6) is 0 Å². The zero-order chi connectivity index (χ0) is 22.5. The molecule has 6 nitrogen and oxygen atoms in total. The van der Waals surface area contributed by atoms with Crippen LogP contribution in [0.1, 0.15) is 35.8 Å². The van der Waals surface area contributed by atoms with Gasteiger partial charge in [0.1, 0.15) is 17.7 Å². The van der Waals surface area contributed by atoms with Crippen molar-refractivity contribution in [1.29, 1.82) is 0 Å². The molecule has 2 aromatic heterocycles. The maximum absolute atomic E-state index is 13.4. The Morgan fingerprint density at radius 3 is 2.91 bits per heavy atom. The maximum atomic E-state index is 13.4. The average molecular weight is 435 g/mol. The van der Waals surface area contributed by atoms with E-state index >= 15 is 0 Å². The number of halogens is 1. The van der Waals surface area contributed by atoms with Gasteiger partial charge in [0, 0.05) is 24.7 Å². The molecule has 0 unspecified atom stereocenters. The van der Waals surface area contributed by atoms with Crippen LogP contribution in [0, 0.1) is 12.7 Å². The normalized spacial score (nSPS) is 16.2. The molecule has 166 valence electrons. The van der Waals surface area contributed by atoms with Gasteiger partial charge in [0.25, 0.3) is 0 Å². The second-order valence-corrected chi connectivity index (χ2v) is 8.06. The third-order valence-electron chi connectivity index (χ3n) is 5.68. The summed E-state index contributed by atoms with van der Waals surface area (Å²) in [5.41, 5.74) is 9.81. The summed E-state index contributed by atoms with van der Waals surface area (Å²) in [4.78, 5) is 23.5. The molecule has 1 aliphatic heterocycles. The Morgan fingerprint density at radius 1 is 1.25 bits per heavy atom. The predicted octanol–water partition coefficient (Wildman–Crippen LogP) is 4.10. The zero-order valence-corrected chi connectivity index (χ0v) is 18.1. The molecule has 4 rings (SSSR count). The van der Waals surface area contributed by atoms with Crippen LogP contribution in [0.4, 0.5) is 10.2 Å². The van der Waals surface area contributed by atoms with E-state index in [0.29, 0.717) is 37.5 Å². The number of carbonyl (C=O) groups is 1. The largest absolute Gasteiger partial charge is 0.384 e. The second kappa shape index (κ2) is 9.87. The van der Waals surface area contributed by atoms with Crippen molar-refractivity contribution in [3.8, 4) is 11.3 Å². The molecule has 2 N–H and O–H groups in total. The number of carbonyl (C=O) groups excluding carboxylic acids is 1. The van der Waals surface area contributed by atoms with Crippen molar-refractivity contribution in [3.05, 3.63) is 77.4 Å². The molecule has 3 heterocycles. The number of nitrogens with zero attached hydrogens (tertiary/aromatic N) is 3. The van der Waals surface area contributed by atoms with Gasteiger partial charge in [-0.05, 0) is 61.2 Å². The van der Waals surface area contributed by atoms with Gasteiger partial charge < -0.3 is 15.4 Å². The van der Waals surface area contributed by atoms with Crippen LogP contribution in [0.2, 0.25) is 0 Å². The van der Waals surface area contributed by atoms with E-state index in [1.807, 2.05) is 35.2 Å². The lowest BCUT2D eigenvalue weighted by atomic mass is 10.0. The number of aromatic nitrogens is 2. The number of pyridine rings is 2. The molecule has 1 fully saturated rings. The fourth-order valence-corrected chi connectivity index (χ4v) is 3.87. The number of aryl methyl sites for hydroxylation is 2. The third kappa shape index (κ3) is 5.29. The quantitative estimate of drug-likeness (QED) is 0.632. The lowest BCUT2D eigenvalue weighted by Crippen LogP contribution is -2.42. The summed E-state index contributed by atoms with van der Waals surface area (Å²) in [6.45, 7) is 3.28. The van der Waals surface area contributed by atoms with E-state index in [2.05, 4.69) is 4.98 Å². The first-order valence-corrected chi connectivity index (χ1v) is 10.8. The molecule has 0 radical (unpaired) electrons. The molecule has 1 aliphatic rings. The molecular formula is C25H27FN4O2. The summed E-state index contributed by atoms with van der Waals surface area (Å²) in [7, 11) is 0. The van der Waals surface area contributed by atoms with Gasteiger partial charge >= 0.3 is 0 Å². The summed E-state index contributed by atoms with van der Waals surface area (Å²) < 4.78 is 19.3. The predicted molar refractivity (Wildman–Crippen MR) is 121 cm³/mol. The van der Waals surface area contributed by atoms with Crippen LogP contribution in [0.25, 0.3) is 11.3 Å². The van der Waals surface area contributed by atoms with Gasteiger partial charge in [-0.1, -0.05) is 18.2 Å². The minimum Gasteiger partial charge on any atom is -0.384 e. The molecule has 32 heavy (non-hydrogen) atoms. The van der Waals surface area contributed by atoms with Crippen LogP contribution in [0.3, 0.4) is 0 Å². The van der Waals surface area contributed by atoms with Gasteiger partial charge in [-0.3, -0.25) is 4.79 Å². The topological polar surface area (TPSA) is 81.3 Å². The number of hydrogen-bond acceptors (Lipinski definition) is 5. The van der Waals surface area contributed by atoms with Crippen molar-refractivity contribution in [2.24, 2.45) is 0 Å². The highest BCUT2D eigenvalue weighted by atomic mass is 19.1.